The van der Waals surface area contributed by atoms with Crippen molar-refractivity contribution >= 4 is 12.4 Å². The first-order valence-corrected chi connectivity index (χ1v) is 6.20. The van der Waals surface area contributed by atoms with Gasteiger partial charge in [-0.05, 0) is 17.7 Å². The third kappa shape index (κ3) is 4.46. The van der Waals surface area contributed by atoms with E-state index in [0.717, 1.165) is 45.8 Å². The van der Waals surface area contributed by atoms with Crippen LogP contribution in [0.5, 0.6) is 5.75 Å². The lowest BCUT2D eigenvalue weighted by atomic mass is 10.2. The number of benzene rings is 1. The Morgan fingerprint density at radius 1 is 1.11 bits per heavy atom. The number of hydrogen-bond acceptors (Lipinski definition) is 4. The van der Waals surface area contributed by atoms with Gasteiger partial charge in [-0.1, -0.05) is 12.1 Å². The SMILES string of the molecule is Cl.NCCN1CCN(Cc2cccc(O)c2)CC1. The summed E-state index contributed by atoms with van der Waals surface area (Å²) in [6, 6.07) is 7.51. The highest BCUT2D eigenvalue weighted by Crippen LogP contribution is 2.14. The average molecular weight is 272 g/mol. The molecule has 1 heterocycles. The minimum Gasteiger partial charge on any atom is -0.508 e. The van der Waals surface area contributed by atoms with Gasteiger partial charge >= 0.3 is 0 Å². The van der Waals surface area contributed by atoms with Crippen LogP contribution in [-0.4, -0.2) is 54.2 Å². The minimum atomic E-state index is 0. The van der Waals surface area contributed by atoms with Crippen molar-refractivity contribution in [1.29, 1.82) is 0 Å². The van der Waals surface area contributed by atoms with Gasteiger partial charge in [-0.2, -0.15) is 0 Å². The predicted molar refractivity (Wildman–Crippen MR) is 76.1 cm³/mol. The smallest absolute Gasteiger partial charge is 0.115 e. The Morgan fingerprint density at radius 2 is 1.78 bits per heavy atom. The van der Waals surface area contributed by atoms with Crippen LogP contribution in [0.25, 0.3) is 0 Å². The molecule has 5 heteroatoms. The zero-order chi connectivity index (χ0) is 12.1. The van der Waals surface area contributed by atoms with Gasteiger partial charge in [0.05, 0.1) is 0 Å². The highest BCUT2D eigenvalue weighted by Gasteiger charge is 2.15. The van der Waals surface area contributed by atoms with Crippen LogP contribution in [0.2, 0.25) is 0 Å². The van der Waals surface area contributed by atoms with Crippen molar-refractivity contribution < 1.29 is 5.11 Å². The van der Waals surface area contributed by atoms with Gasteiger partial charge in [-0.25, -0.2) is 0 Å². The summed E-state index contributed by atoms with van der Waals surface area (Å²) in [4.78, 5) is 4.82. The van der Waals surface area contributed by atoms with Crippen LogP contribution < -0.4 is 5.73 Å². The van der Waals surface area contributed by atoms with E-state index in [9.17, 15) is 5.11 Å². The standard InChI is InChI=1S/C13H21N3O.ClH/c14-4-5-15-6-8-16(9-7-15)11-12-2-1-3-13(17)10-12;/h1-3,10,17H,4-9,11,14H2;1H. The number of hydrogen-bond donors (Lipinski definition) is 2. The Hall–Kier alpha value is -0.810. The average Bonchev–Trinajstić information content (AvgIpc) is 2.32. The highest BCUT2D eigenvalue weighted by molar-refractivity contribution is 5.85. The molecule has 1 aromatic carbocycles. The summed E-state index contributed by atoms with van der Waals surface area (Å²) in [5.41, 5.74) is 6.73. The number of halogens is 1. The molecule has 1 aliphatic heterocycles. The van der Waals surface area contributed by atoms with E-state index < -0.39 is 0 Å². The number of rotatable bonds is 4. The van der Waals surface area contributed by atoms with E-state index in [2.05, 4.69) is 15.9 Å². The van der Waals surface area contributed by atoms with Gasteiger partial charge in [-0.15, -0.1) is 12.4 Å². The second kappa shape index (κ2) is 7.59. The van der Waals surface area contributed by atoms with Crippen LogP contribution in [-0.2, 0) is 6.54 Å². The minimum absolute atomic E-state index is 0. The fraction of sp³-hybridized carbons (Fsp3) is 0.538. The van der Waals surface area contributed by atoms with Gasteiger partial charge in [-0.3, -0.25) is 9.80 Å². The Morgan fingerprint density at radius 3 is 2.39 bits per heavy atom. The normalized spacial score (nSPS) is 17.4. The molecule has 0 aliphatic carbocycles. The topological polar surface area (TPSA) is 52.7 Å². The first-order valence-electron chi connectivity index (χ1n) is 6.20. The quantitative estimate of drug-likeness (QED) is 0.854. The first kappa shape index (κ1) is 15.2. The van der Waals surface area contributed by atoms with Gasteiger partial charge < -0.3 is 10.8 Å². The molecule has 1 saturated heterocycles. The van der Waals surface area contributed by atoms with Crippen LogP contribution in [0, 0.1) is 0 Å². The van der Waals surface area contributed by atoms with Crippen LogP contribution in [0.15, 0.2) is 24.3 Å². The molecule has 0 amide bonds. The first-order chi connectivity index (χ1) is 8.28. The zero-order valence-corrected chi connectivity index (χ0v) is 11.4. The molecular formula is C13H22ClN3O. The van der Waals surface area contributed by atoms with Crippen molar-refractivity contribution in [3.63, 3.8) is 0 Å². The van der Waals surface area contributed by atoms with E-state index >= 15 is 0 Å². The molecule has 2 rings (SSSR count). The molecule has 1 fully saturated rings. The van der Waals surface area contributed by atoms with Crippen LogP contribution in [0.1, 0.15) is 5.56 Å². The van der Waals surface area contributed by atoms with Crippen molar-refractivity contribution in [3.8, 4) is 5.75 Å². The number of phenolic OH excluding ortho intramolecular Hbond substituents is 1. The molecule has 0 bridgehead atoms. The molecule has 0 atom stereocenters. The van der Waals surface area contributed by atoms with Gasteiger partial charge in [0, 0.05) is 45.8 Å². The van der Waals surface area contributed by atoms with Crippen molar-refractivity contribution in [1.82, 2.24) is 9.80 Å². The van der Waals surface area contributed by atoms with E-state index in [1.54, 1.807) is 6.07 Å². The lowest BCUT2D eigenvalue weighted by Crippen LogP contribution is -2.47. The van der Waals surface area contributed by atoms with Crippen molar-refractivity contribution in [3.05, 3.63) is 29.8 Å². The molecule has 3 N–H and O–H groups in total. The van der Waals surface area contributed by atoms with Gasteiger partial charge in [0.2, 0.25) is 0 Å². The largest absolute Gasteiger partial charge is 0.508 e. The Kier molecular flexibility index (Phi) is 6.43. The molecule has 0 aromatic heterocycles. The number of aromatic hydroxyl groups is 1. The van der Waals surface area contributed by atoms with Gasteiger partial charge in [0.25, 0.3) is 0 Å². The maximum Gasteiger partial charge on any atom is 0.115 e. The van der Waals surface area contributed by atoms with Crippen molar-refractivity contribution in [2.75, 3.05) is 39.3 Å². The molecular weight excluding hydrogens is 250 g/mol. The number of piperazine rings is 1. The molecule has 4 nitrogen and oxygen atoms in total. The fourth-order valence-electron chi connectivity index (χ4n) is 2.27. The van der Waals surface area contributed by atoms with E-state index in [1.165, 1.54) is 5.56 Å². The van der Waals surface area contributed by atoms with Crippen molar-refractivity contribution in [2.24, 2.45) is 5.73 Å². The molecule has 0 saturated carbocycles. The Bertz CT molecular complexity index is 354. The van der Waals surface area contributed by atoms with Crippen LogP contribution in [0.4, 0.5) is 0 Å². The zero-order valence-electron chi connectivity index (χ0n) is 10.6. The molecule has 0 unspecified atom stereocenters. The molecule has 1 aliphatic rings. The number of phenols is 1. The molecule has 1 aromatic rings. The Labute approximate surface area is 115 Å². The summed E-state index contributed by atoms with van der Waals surface area (Å²) in [5, 5.41) is 9.41. The van der Waals surface area contributed by atoms with Crippen LogP contribution in [0.3, 0.4) is 0 Å². The third-order valence-corrected chi connectivity index (χ3v) is 3.23. The second-order valence-corrected chi connectivity index (χ2v) is 4.58. The molecule has 102 valence electrons. The van der Waals surface area contributed by atoms with E-state index in [4.69, 9.17) is 5.73 Å². The highest BCUT2D eigenvalue weighted by atomic mass is 35.5. The lowest BCUT2D eigenvalue weighted by Gasteiger charge is -2.34. The van der Waals surface area contributed by atoms with E-state index in [1.807, 2.05) is 12.1 Å². The van der Waals surface area contributed by atoms with E-state index in [0.29, 0.717) is 5.75 Å². The Balaban J connectivity index is 0.00000162. The van der Waals surface area contributed by atoms with Gasteiger partial charge in [0.15, 0.2) is 0 Å². The van der Waals surface area contributed by atoms with Crippen molar-refractivity contribution in [2.45, 2.75) is 6.54 Å². The fourth-order valence-corrected chi connectivity index (χ4v) is 2.27. The maximum absolute atomic E-state index is 9.41. The number of nitrogens with two attached hydrogens (primary N) is 1. The second-order valence-electron chi connectivity index (χ2n) is 4.58. The summed E-state index contributed by atoms with van der Waals surface area (Å²) in [7, 11) is 0. The summed E-state index contributed by atoms with van der Waals surface area (Å²) in [6.45, 7) is 7.01. The van der Waals surface area contributed by atoms with Gasteiger partial charge in [0.1, 0.15) is 5.75 Å². The molecule has 0 radical (unpaired) electrons. The third-order valence-electron chi connectivity index (χ3n) is 3.23. The summed E-state index contributed by atoms with van der Waals surface area (Å²) >= 11 is 0. The summed E-state index contributed by atoms with van der Waals surface area (Å²) in [6.07, 6.45) is 0. The van der Waals surface area contributed by atoms with Crippen LogP contribution >= 0.6 is 12.4 Å². The molecule has 18 heavy (non-hydrogen) atoms. The lowest BCUT2D eigenvalue weighted by molar-refractivity contribution is 0.130. The summed E-state index contributed by atoms with van der Waals surface area (Å²) in [5.74, 6) is 0.351. The summed E-state index contributed by atoms with van der Waals surface area (Å²) < 4.78 is 0. The predicted octanol–water partition coefficient (Wildman–Crippen LogP) is 0.890. The monoisotopic (exact) mass is 271 g/mol. The van der Waals surface area contributed by atoms with E-state index in [-0.39, 0.29) is 12.4 Å². The molecule has 0 spiro atoms. The maximum atomic E-state index is 9.41. The number of nitrogens with zero attached hydrogens (tertiary/aromatic N) is 2.